The molecule has 1 saturated heterocycles. The molecule has 1 aromatic carbocycles. The number of carbonyl (C=O) groups is 1. The lowest BCUT2D eigenvalue weighted by atomic mass is 10.0. The number of aryl methyl sites for hydroxylation is 2. The number of anilines is 1. The molecule has 0 saturated carbocycles. The first-order valence-electron chi connectivity index (χ1n) is 7.53. The minimum Gasteiger partial charge on any atom is -0.378 e. The van der Waals surface area contributed by atoms with Crippen LogP contribution in [0.5, 0.6) is 0 Å². The fourth-order valence-corrected chi connectivity index (χ4v) is 3.14. The normalized spacial score (nSPS) is 18.0. The number of halogens is 1. The molecule has 5 N–H and O–H groups in total. The molecule has 5 nitrogen and oxygen atoms in total. The van der Waals surface area contributed by atoms with E-state index in [1.54, 1.807) is 0 Å². The van der Waals surface area contributed by atoms with Crippen molar-refractivity contribution >= 4 is 22.5 Å². The Morgan fingerprint density at radius 2 is 2.27 bits per heavy atom. The van der Waals surface area contributed by atoms with Crippen molar-refractivity contribution in [3.63, 3.8) is 0 Å². The summed E-state index contributed by atoms with van der Waals surface area (Å²) >= 11 is 0. The highest BCUT2D eigenvalue weighted by Gasteiger charge is 2.22. The van der Waals surface area contributed by atoms with Crippen molar-refractivity contribution < 1.29 is 9.18 Å². The van der Waals surface area contributed by atoms with E-state index in [0.29, 0.717) is 11.3 Å². The zero-order valence-electron chi connectivity index (χ0n) is 12.8. The van der Waals surface area contributed by atoms with Crippen molar-refractivity contribution in [3.05, 3.63) is 28.7 Å². The standard InChI is InChI=1S/C16H21FN4O/c1-8-9(2)20-15-10(6-13(18)22)5-12(17)16(14(8)15)21-11-3-4-19-7-11/h5,11,19-21H,3-4,6-7H2,1-2H3,(H2,18,22). The van der Waals surface area contributed by atoms with Crippen molar-refractivity contribution in [3.8, 4) is 0 Å². The van der Waals surface area contributed by atoms with Crippen LogP contribution in [0.1, 0.15) is 23.2 Å². The summed E-state index contributed by atoms with van der Waals surface area (Å²) in [4.78, 5) is 14.5. The summed E-state index contributed by atoms with van der Waals surface area (Å²) in [7, 11) is 0. The molecule has 1 unspecified atom stereocenters. The van der Waals surface area contributed by atoms with Gasteiger partial charge in [0.1, 0.15) is 5.82 Å². The van der Waals surface area contributed by atoms with E-state index in [9.17, 15) is 9.18 Å². The van der Waals surface area contributed by atoms with Crippen molar-refractivity contribution in [1.82, 2.24) is 10.3 Å². The number of aromatic nitrogens is 1. The van der Waals surface area contributed by atoms with Gasteiger partial charge < -0.3 is 21.4 Å². The van der Waals surface area contributed by atoms with Crippen LogP contribution >= 0.6 is 0 Å². The van der Waals surface area contributed by atoms with E-state index in [2.05, 4.69) is 15.6 Å². The molecule has 1 aliphatic heterocycles. The second-order valence-electron chi connectivity index (χ2n) is 5.99. The summed E-state index contributed by atoms with van der Waals surface area (Å²) in [6.45, 7) is 5.67. The number of H-pyrrole nitrogens is 1. The van der Waals surface area contributed by atoms with Gasteiger partial charge in [0.15, 0.2) is 0 Å². The first-order chi connectivity index (χ1) is 10.5. The fourth-order valence-electron chi connectivity index (χ4n) is 3.14. The van der Waals surface area contributed by atoms with Gasteiger partial charge in [0, 0.05) is 23.7 Å². The number of carbonyl (C=O) groups excluding carboxylic acids is 1. The summed E-state index contributed by atoms with van der Waals surface area (Å²) in [5.41, 5.74) is 9.16. The summed E-state index contributed by atoms with van der Waals surface area (Å²) in [5.74, 6) is -0.802. The van der Waals surface area contributed by atoms with Crippen molar-refractivity contribution in [2.75, 3.05) is 18.4 Å². The van der Waals surface area contributed by atoms with Crippen LogP contribution in [0.15, 0.2) is 6.07 Å². The van der Waals surface area contributed by atoms with Crippen LogP contribution in [-0.4, -0.2) is 30.0 Å². The number of amides is 1. The van der Waals surface area contributed by atoms with E-state index in [4.69, 9.17) is 5.73 Å². The minimum absolute atomic E-state index is 0.0259. The Morgan fingerprint density at radius 1 is 1.50 bits per heavy atom. The number of fused-ring (bicyclic) bond motifs is 1. The van der Waals surface area contributed by atoms with Gasteiger partial charge in [-0.25, -0.2) is 4.39 Å². The van der Waals surface area contributed by atoms with E-state index >= 15 is 0 Å². The topological polar surface area (TPSA) is 82.9 Å². The number of hydrogen-bond donors (Lipinski definition) is 4. The molecule has 1 aliphatic rings. The molecule has 118 valence electrons. The van der Waals surface area contributed by atoms with Gasteiger partial charge >= 0.3 is 0 Å². The molecule has 0 radical (unpaired) electrons. The molecule has 0 spiro atoms. The summed E-state index contributed by atoms with van der Waals surface area (Å²) in [6, 6.07) is 1.63. The van der Waals surface area contributed by atoms with Crippen molar-refractivity contribution in [2.24, 2.45) is 5.73 Å². The van der Waals surface area contributed by atoms with Gasteiger partial charge in [0.2, 0.25) is 5.91 Å². The molecule has 1 atom stereocenters. The second-order valence-corrected chi connectivity index (χ2v) is 5.99. The Labute approximate surface area is 128 Å². The van der Waals surface area contributed by atoms with E-state index in [1.807, 2.05) is 13.8 Å². The Balaban J connectivity index is 2.14. The van der Waals surface area contributed by atoms with Gasteiger partial charge in [-0.3, -0.25) is 4.79 Å². The second kappa shape index (κ2) is 5.61. The lowest BCUT2D eigenvalue weighted by Crippen LogP contribution is -2.23. The predicted octanol–water partition coefficient (Wildman–Crippen LogP) is 1.73. The fraction of sp³-hybridized carbons (Fsp3) is 0.438. The highest BCUT2D eigenvalue weighted by molar-refractivity contribution is 5.99. The van der Waals surface area contributed by atoms with E-state index < -0.39 is 5.91 Å². The van der Waals surface area contributed by atoms with Gasteiger partial charge in [-0.1, -0.05) is 0 Å². The van der Waals surface area contributed by atoms with Gasteiger partial charge in [-0.15, -0.1) is 0 Å². The smallest absolute Gasteiger partial charge is 0.221 e. The van der Waals surface area contributed by atoms with Crippen molar-refractivity contribution in [2.45, 2.75) is 32.7 Å². The van der Waals surface area contributed by atoms with Crippen molar-refractivity contribution in [1.29, 1.82) is 0 Å². The summed E-state index contributed by atoms with van der Waals surface area (Å²) < 4.78 is 14.6. The molecule has 2 heterocycles. The van der Waals surface area contributed by atoms with Gasteiger partial charge in [-0.2, -0.15) is 0 Å². The molecular weight excluding hydrogens is 283 g/mol. The Kier molecular flexibility index (Phi) is 3.78. The lowest BCUT2D eigenvalue weighted by Gasteiger charge is -2.16. The first kappa shape index (κ1) is 14.8. The molecule has 22 heavy (non-hydrogen) atoms. The Morgan fingerprint density at radius 3 is 2.91 bits per heavy atom. The largest absolute Gasteiger partial charge is 0.378 e. The number of nitrogens with one attached hydrogen (secondary N) is 3. The predicted molar refractivity (Wildman–Crippen MR) is 85.5 cm³/mol. The SMILES string of the molecule is Cc1[nH]c2c(CC(N)=O)cc(F)c(NC3CCNC3)c2c1C. The van der Waals surface area contributed by atoms with Crippen LogP contribution < -0.4 is 16.4 Å². The molecular formula is C16H21FN4O. The van der Waals surface area contributed by atoms with Crippen LogP contribution in [0.3, 0.4) is 0 Å². The van der Waals surface area contributed by atoms with Crippen LogP contribution in [0.25, 0.3) is 10.9 Å². The third kappa shape index (κ3) is 2.54. The number of rotatable bonds is 4. The zero-order valence-corrected chi connectivity index (χ0v) is 12.8. The quantitative estimate of drug-likeness (QED) is 0.694. The molecule has 0 bridgehead atoms. The number of benzene rings is 1. The highest BCUT2D eigenvalue weighted by atomic mass is 19.1. The van der Waals surface area contributed by atoms with Gasteiger partial charge in [0.05, 0.1) is 17.6 Å². The monoisotopic (exact) mass is 304 g/mol. The van der Waals surface area contributed by atoms with Crippen LogP contribution in [-0.2, 0) is 11.2 Å². The van der Waals surface area contributed by atoms with Gasteiger partial charge in [-0.05, 0) is 44.0 Å². The molecule has 0 aliphatic carbocycles. The number of hydrogen-bond acceptors (Lipinski definition) is 3. The maximum Gasteiger partial charge on any atom is 0.221 e. The summed E-state index contributed by atoms with van der Waals surface area (Å²) in [5, 5.41) is 7.40. The van der Waals surface area contributed by atoms with E-state index in [0.717, 1.165) is 41.7 Å². The molecule has 2 aromatic rings. The van der Waals surface area contributed by atoms with Gasteiger partial charge in [0.25, 0.3) is 0 Å². The minimum atomic E-state index is -0.466. The van der Waals surface area contributed by atoms with E-state index in [-0.39, 0.29) is 18.3 Å². The molecule has 3 rings (SSSR count). The maximum atomic E-state index is 14.6. The molecule has 1 fully saturated rings. The first-order valence-corrected chi connectivity index (χ1v) is 7.53. The van der Waals surface area contributed by atoms with Crippen LogP contribution in [0.4, 0.5) is 10.1 Å². The average Bonchev–Trinajstić information content (AvgIpc) is 3.04. The van der Waals surface area contributed by atoms with Crippen LogP contribution in [0.2, 0.25) is 0 Å². The Hall–Kier alpha value is -2.08. The van der Waals surface area contributed by atoms with Crippen LogP contribution in [0, 0.1) is 19.7 Å². The number of primary amides is 1. The average molecular weight is 304 g/mol. The third-order valence-electron chi connectivity index (χ3n) is 4.38. The maximum absolute atomic E-state index is 14.6. The van der Waals surface area contributed by atoms with E-state index in [1.165, 1.54) is 6.07 Å². The number of aromatic amines is 1. The number of nitrogens with two attached hydrogens (primary N) is 1. The lowest BCUT2D eigenvalue weighted by molar-refractivity contribution is -0.117. The molecule has 1 amide bonds. The zero-order chi connectivity index (χ0) is 15.9. The third-order valence-corrected chi connectivity index (χ3v) is 4.38. The molecule has 1 aromatic heterocycles. The Bertz CT molecular complexity index is 732. The molecule has 6 heteroatoms. The summed E-state index contributed by atoms with van der Waals surface area (Å²) in [6.07, 6.45) is 0.991. The highest BCUT2D eigenvalue weighted by Crippen LogP contribution is 2.34.